The van der Waals surface area contributed by atoms with Crippen molar-refractivity contribution in [3.8, 4) is 5.75 Å². The molecular weight excluding hydrogens is 324 g/mol. The van der Waals surface area contributed by atoms with Crippen LogP contribution in [-0.4, -0.2) is 0 Å². The fourth-order valence-electron chi connectivity index (χ4n) is 2.51. The molecule has 0 radical (unpaired) electrons. The topological polar surface area (TPSA) is 9.23 Å². The van der Waals surface area contributed by atoms with E-state index >= 15 is 0 Å². The summed E-state index contributed by atoms with van der Waals surface area (Å²) in [6, 6.07) is 12.8. The molecule has 0 atom stereocenters. The highest BCUT2D eigenvalue weighted by molar-refractivity contribution is 9.10. The summed E-state index contributed by atoms with van der Waals surface area (Å²) in [6.07, 6.45) is 3.09. The van der Waals surface area contributed by atoms with Crippen LogP contribution < -0.4 is 4.74 Å². The zero-order valence-electron chi connectivity index (χ0n) is 13.1. The minimum absolute atomic E-state index is 0.604. The maximum Gasteiger partial charge on any atom is 0.126 e. The fraction of sp³-hybridized carbons (Fsp3) is 0.368. The molecule has 0 N–H and O–H groups in total. The third-order valence-corrected chi connectivity index (χ3v) is 4.58. The number of benzene rings is 2. The molecule has 0 unspecified atom stereocenters. The number of hydrogen-bond acceptors (Lipinski definition) is 1. The maximum atomic E-state index is 6.19. The van der Waals surface area contributed by atoms with Crippen molar-refractivity contribution in [2.45, 2.75) is 46.6 Å². The molecular formula is C19H23BrO. The number of halogens is 1. The Labute approximate surface area is 136 Å². The smallest absolute Gasteiger partial charge is 0.126 e. The van der Waals surface area contributed by atoms with Gasteiger partial charge in [0.1, 0.15) is 12.4 Å². The van der Waals surface area contributed by atoms with E-state index in [0.717, 1.165) is 29.5 Å². The van der Waals surface area contributed by atoms with Gasteiger partial charge in [0.25, 0.3) is 0 Å². The van der Waals surface area contributed by atoms with Crippen molar-refractivity contribution in [2.75, 3.05) is 0 Å². The van der Waals surface area contributed by atoms with Crippen LogP contribution in [0.1, 0.15) is 43.0 Å². The standard InChI is InChI=1S/C19H23BrO/c1-4-14-11-15(5-2)19(16(6-3)12-14)21-13-17-9-7-8-10-18(17)20/h7-12H,4-6,13H2,1-3H3. The van der Waals surface area contributed by atoms with E-state index in [9.17, 15) is 0 Å². The first-order valence-electron chi connectivity index (χ1n) is 7.70. The molecule has 0 fully saturated rings. The highest BCUT2D eigenvalue weighted by Gasteiger charge is 2.11. The molecule has 0 aliphatic rings. The van der Waals surface area contributed by atoms with E-state index in [1.54, 1.807) is 0 Å². The maximum absolute atomic E-state index is 6.19. The summed E-state index contributed by atoms with van der Waals surface area (Å²) in [4.78, 5) is 0. The summed E-state index contributed by atoms with van der Waals surface area (Å²) in [7, 11) is 0. The predicted octanol–water partition coefficient (Wildman–Crippen LogP) is 5.72. The lowest BCUT2D eigenvalue weighted by atomic mass is 9.99. The summed E-state index contributed by atoms with van der Waals surface area (Å²) in [5, 5.41) is 0. The van der Waals surface area contributed by atoms with Gasteiger partial charge in [0, 0.05) is 10.0 Å². The van der Waals surface area contributed by atoms with Crippen molar-refractivity contribution in [3.05, 3.63) is 63.1 Å². The normalized spacial score (nSPS) is 10.7. The molecule has 2 rings (SSSR count). The van der Waals surface area contributed by atoms with E-state index in [4.69, 9.17) is 4.74 Å². The first kappa shape index (κ1) is 16.1. The quantitative estimate of drug-likeness (QED) is 0.650. The van der Waals surface area contributed by atoms with E-state index in [0.29, 0.717) is 6.61 Å². The van der Waals surface area contributed by atoms with Crippen molar-refractivity contribution >= 4 is 15.9 Å². The second-order valence-electron chi connectivity index (χ2n) is 5.18. The van der Waals surface area contributed by atoms with E-state index in [2.05, 4.69) is 61.0 Å². The van der Waals surface area contributed by atoms with E-state index in [-0.39, 0.29) is 0 Å². The molecule has 0 aromatic heterocycles. The van der Waals surface area contributed by atoms with E-state index in [1.807, 2.05) is 12.1 Å². The van der Waals surface area contributed by atoms with Crippen LogP contribution in [0.2, 0.25) is 0 Å². The molecule has 0 amide bonds. The molecule has 0 saturated heterocycles. The highest BCUT2D eigenvalue weighted by atomic mass is 79.9. The number of aryl methyl sites for hydroxylation is 3. The molecule has 0 aliphatic carbocycles. The average Bonchev–Trinajstić information content (AvgIpc) is 2.53. The van der Waals surface area contributed by atoms with Gasteiger partial charge >= 0.3 is 0 Å². The van der Waals surface area contributed by atoms with Gasteiger partial charge in [0.15, 0.2) is 0 Å². The minimum atomic E-state index is 0.604. The summed E-state index contributed by atoms with van der Waals surface area (Å²) >= 11 is 3.58. The Hall–Kier alpha value is -1.28. The van der Waals surface area contributed by atoms with Crippen LogP contribution in [0.15, 0.2) is 40.9 Å². The molecule has 0 aliphatic heterocycles. The SMILES string of the molecule is CCc1cc(CC)c(OCc2ccccc2Br)c(CC)c1. The van der Waals surface area contributed by atoms with Gasteiger partial charge < -0.3 is 4.74 Å². The van der Waals surface area contributed by atoms with Gasteiger partial charge in [-0.15, -0.1) is 0 Å². The highest BCUT2D eigenvalue weighted by Crippen LogP contribution is 2.29. The van der Waals surface area contributed by atoms with Crippen LogP contribution in [0.3, 0.4) is 0 Å². The molecule has 2 aromatic rings. The summed E-state index contributed by atoms with van der Waals surface area (Å²) in [5.74, 6) is 1.08. The lowest BCUT2D eigenvalue weighted by Crippen LogP contribution is -2.03. The van der Waals surface area contributed by atoms with Gasteiger partial charge in [-0.05, 0) is 42.0 Å². The van der Waals surface area contributed by atoms with Crippen molar-refractivity contribution in [2.24, 2.45) is 0 Å². The van der Waals surface area contributed by atoms with Crippen molar-refractivity contribution in [3.63, 3.8) is 0 Å². The molecule has 0 spiro atoms. The van der Waals surface area contributed by atoms with E-state index < -0.39 is 0 Å². The van der Waals surface area contributed by atoms with Crippen molar-refractivity contribution in [1.82, 2.24) is 0 Å². The zero-order valence-corrected chi connectivity index (χ0v) is 14.7. The lowest BCUT2D eigenvalue weighted by Gasteiger charge is -2.17. The Morgan fingerprint density at radius 1 is 0.857 bits per heavy atom. The van der Waals surface area contributed by atoms with Gasteiger partial charge in [-0.25, -0.2) is 0 Å². The summed E-state index contributed by atoms with van der Waals surface area (Å²) in [6.45, 7) is 7.20. The van der Waals surface area contributed by atoms with Gasteiger partial charge in [0.05, 0.1) is 0 Å². The van der Waals surface area contributed by atoms with Crippen LogP contribution in [0.5, 0.6) is 5.75 Å². The first-order valence-corrected chi connectivity index (χ1v) is 8.49. The molecule has 0 heterocycles. The average molecular weight is 347 g/mol. The third kappa shape index (κ3) is 3.88. The molecule has 2 heteroatoms. The Morgan fingerprint density at radius 3 is 2.00 bits per heavy atom. The summed E-state index contributed by atoms with van der Waals surface area (Å²) < 4.78 is 7.29. The van der Waals surface area contributed by atoms with Crippen LogP contribution >= 0.6 is 15.9 Å². The first-order chi connectivity index (χ1) is 10.2. The molecule has 1 nitrogen and oxygen atoms in total. The van der Waals surface area contributed by atoms with Crippen LogP contribution in [-0.2, 0) is 25.9 Å². The van der Waals surface area contributed by atoms with Crippen LogP contribution in [0.25, 0.3) is 0 Å². The van der Waals surface area contributed by atoms with Crippen molar-refractivity contribution < 1.29 is 4.74 Å². The molecule has 112 valence electrons. The Balaban J connectivity index is 2.28. The third-order valence-electron chi connectivity index (χ3n) is 3.80. The van der Waals surface area contributed by atoms with Crippen LogP contribution in [0.4, 0.5) is 0 Å². The van der Waals surface area contributed by atoms with Gasteiger partial charge in [-0.1, -0.05) is 67.0 Å². The zero-order chi connectivity index (χ0) is 15.2. The summed E-state index contributed by atoms with van der Waals surface area (Å²) in [5.41, 5.74) is 5.22. The molecule has 0 saturated carbocycles. The van der Waals surface area contributed by atoms with Gasteiger partial charge in [0.2, 0.25) is 0 Å². The predicted molar refractivity (Wildman–Crippen MR) is 93.1 cm³/mol. The van der Waals surface area contributed by atoms with E-state index in [1.165, 1.54) is 22.3 Å². The number of rotatable bonds is 6. The van der Waals surface area contributed by atoms with Crippen LogP contribution in [0, 0.1) is 0 Å². The van der Waals surface area contributed by atoms with Gasteiger partial charge in [-0.2, -0.15) is 0 Å². The Bertz CT molecular complexity index is 579. The molecule has 0 bridgehead atoms. The number of hydrogen-bond donors (Lipinski definition) is 0. The Kier molecular flexibility index (Phi) is 5.86. The lowest BCUT2D eigenvalue weighted by molar-refractivity contribution is 0.299. The molecule has 21 heavy (non-hydrogen) atoms. The van der Waals surface area contributed by atoms with Crippen molar-refractivity contribution in [1.29, 1.82) is 0 Å². The monoisotopic (exact) mass is 346 g/mol. The largest absolute Gasteiger partial charge is 0.488 e. The van der Waals surface area contributed by atoms with Gasteiger partial charge in [-0.3, -0.25) is 0 Å². The fourth-order valence-corrected chi connectivity index (χ4v) is 2.91. The second kappa shape index (κ2) is 7.65. The number of ether oxygens (including phenoxy) is 1. The molecule has 2 aromatic carbocycles. The Morgan fingerprint density at radius 2 is 1.48 bits per heavy atom. The minimum Gasteiger partial charge on any atom is -0.488 e. The second-order valence-corrected chi connectivity index (χ2v) is 6.04.